The molecule has 0 radical (unpaired) electrons. The molecule has 5 atom stereocenters. The van der Waals surface area contributed by atoms with Crippen molar-refractivity contribution in [3.63, 3.8) is 0 Å². The first-order valence-corrected chi connectivity index (χ1v) is 11.2. The monoisotopic (exact) mass is 446 g/mol. The molecule has 1 N–H and O–H groups in total. The van der Waals surface area contributed by atoms with Crippen LogP contribution < -0.4 is 11.0 Å². The van der Waals surface area contributed by atoms with Gasteiger partial charge in [-0.2, -0.15) is 4.98 Å². The Balaban J connectivity index is 2.26. The number of aromatic nitrogens is 2. The minimum absolute atomic E-state index is 0.101. The first-order valence-electron chi connectivity index (χ1n) is 10.1. The Morgan fingerprint density at radius 2 is 2.03 bits per heavy atom. The zero-order valence-corrected chi connectivity index (χ0v) is 19.4. The normalized spacial score (nSPS) is 25.3. The number of rotatable bonds is 9. The highest BCUT2D eigenvalue weighted by molar-refractivity contribution is 7.44. The van der Waals surface area contributed by atoms with Crippen LogP contribution >= 0.6 is 8.53 Å². The average Bonchev–Trinajstić information content (AvgIpc) is 2.95. The molecule has 1 aromatic heterocycles. The van der Waals surface area contributed by atoms with Gasteiger partial charge in [-0.15, -0.1) is 0 Å². The highest BCUT2D eigenvalue weighted by atomic mass is 31.2. The van der Waals surface area contributed by atoms with E-state index in [1.165, 1.54) is 19.2 Å². The molecule has 2 unspecified atom stereocenters. The Kier molecular flexibility index (Phi) is 8.87. The SMILES string of the molecule is CC[C@H]1O[C@@H](n2ccc(NC(C)=O)nc2=O)[C@@H](F)C1OP(OC)N(C(C)C)C(C)C. The van der Waals surface area contributed by atoms with Gasteiger partial charge >= 0.3 is 5.69 Å². The topological polar surface area (TPSA) is 94.9 Å². The summed E-state index contributed by atoms with van der Waals surface area (Å²) in [6.45, 7) is 11.3. The summed E-state index contributed by atoms with van der Waals surface area (Å²) in [4.78, 5) is 27.3. The lowest BCUT2D eigenvalue weighted by molar-refractivity contribution is -0.114. The van der Waals surface area contributed by atoms with Crippen molar-refractivity contribution in [2.24, 2.45) is 0 Å². The Bertz CT molecular complexity index is 770. The van der Waals surface area contributed by atoms with Crippen LogP contribution in [0.4, 0.5) is 10.2 Å². The largest absolute Gasteiger partial charge is 0.351 e. The van der Waals surface area contributed by atoms with Crippen LogP contribution in [0.1, 0.15) is 54.2 Å². The lowest BCUT2D eigenvalue weighted by atomic mass is 10.1. The van der Waals surface area contributed by atoms with Crippen LogP contribution in [-0.2, 0) is 18.6 Å². The van der Waals surface area contributed by atoms with Gasteiger partial charge in [0.2, 0.25) is 5.91 Å². The molecule has 30 heavy (non-hydrogen) atoms. The molecule has 11 heteroatoms. The molecule has 0 saturated carbocycles. The lowest BCUT2D eigenvalue weighted by Crippen LogP contribution is -2.38. The number of anilines is 1. The van der Waals surface area contributed by atoms with Gasteiger partial charge in [-0.1, -0.05) is 6.92 Å². The van der Waals surface area contributed by atoms with E-state index in [1.807, 2.05) is 34.6 Å². The van der Waals surface area contributed by atoms with E-state index in [-0.39, 0.29) is 23.8 Å². The van der Waals surface area contributed by atoms with Gasteiger partial charge in [0, 0.05) is 32.3 Å². The van der Waals surface area contributed by atoms with Gasteiger partial charge in [-0.05, 0) is 40.2 Å². The summed E-state index contributed by atoms with van der Waals surface area (Å²) in [6, 6.07) is 1.70. The van der Waals surface area contributed by atoms with Gasteiger partial charge in [0.05, 0.1) is 6.10 Å². The fourth-order valence-corrected chi connectivity index (χ4v) is 5.10. The van der Waals surface area contributed by atoms with Crippen LogP contribution in [0.15, 0.2) is 17.1 Å². The summed E-state index contributed by atoms with van der Waals surface area (Å²) >= 11 is 0. The molecule has 0 aromatic carbocycles. The van der Waals surface area contributed by atoms with E-state index in [0.29, 0.717) is 6.42 Å². The predicted molar refractivity (Wildman–Crippen MR) is 113 cm³/mol. The molecule has 2 rings (SSSR count). The second-order valence-electron chi connectivity index (χ2n) is 7.66. The highest BCUT2D eigenvalue weighted by Crippen LogP contribution is 2.50. The number of hydrogen-bond acceptors (Lipinski definition) is 7. The Hall–Kier alpha value is -1.45. The molecule has 1 aliphatic heterocycles. The third kappa shape index (κ3) is 5.62. The van der Waals surface area contributed by atoms with Crippen molar-refractivity contribution < 1.29 is 23.0 Å². The van der Waals surface area contributed by atoms with Crippen LogP contribution in [0.2, 0.25) is 0 Å². The smallest absolute Gasteiger partial charge is 0.349 e. The molecule has 9 nitrogen and oxygen atoms in total. The Labute approximate surface area is 177 Å². The summed E-state index contributed by atoms with van der Waals surface area (Å²) < 4.78 is 36.1. The molecular formula is C19H32FN4O5P. The fraction of sp³-hybridized carbons (Fsp3) is 0.737. The molecular weight excluding hydrogens is 414 g/mol. The quantitative estimate of drug-likeness (QED) is 0.582. The molecule has 170 valence electrons. The summed E-state index contributed by atoms with van der Waals surface area (Å²) in [6.07, 6.45) is -2.35. The first kappa shape index (κ1) is 24.8. The molecule has 0 spiro atoms. The van der Waals surface area contributed by atoms with Crippen LogP contribution in [0.5, 0.6) is 0 Å². The maximum absolute atomic E-state index is 15.5. The van der Waals surface area contributed by atoms with E-state index < -0.39 is 38.8 Å². The van der Waals surface area contributed by atoms with Gasteiger partial charge in [-0.25, -0.2) is 13.9 Å². The molecule has 1 aromatic rings. The first-order chi connectivity index (χ1) is 14.1. The molecule has 1 amide bonds. The lowest BCUT2D eigenvalue weighted by Gasteiger charge is -2.36. The van der Waals surface area contributed by atoms with Crippen molar-refractivity contribution in [3.8, 4) is 0 Å². The average molecular weight is 446 g/mol. The number of hydrogen-bond donors (Lipinski definition) is 1. The zero-order valence-electron chi connectivity index (χ0n) is 18.5. The number of nitrogens with one attached hydrogen (secondary N) is 1. The van der Waals surface area contributed by atoms with Crippen molar-refractivity contribution in [2.45, 2.75) is 84.7 Å². The minimum Gasteiger partial charge on any atom is -0.349 e. The number of carbonyl (C=O) groups is 1. The zero-order chi connectivity index (χ0) is 22.6. The van der Waals surface area contributed by atoms with E-state index in [9.17, 15) is 9.59 Å². The number of halogens is 1. The predicted octanol–water partition coefficient (Wildman–Crippen LogP) is 3.22. The fourth-order valence-electron chi connectivity index (χ4n) is 3.50. The Morgan fingerprint density at radius 1 is 1.40 bits per heavy atom. The van der Waals surface area contributed by atoms with Crippen molar-refractivity contribution in [1.82, 2.24) is 14.2 Å². The third-order valence-electron chi connectivity index (χ3n) is 4.69. The number of alkyl halides is 1. The van der Waals surface area contributed by atoms with E-state index in [4.69, 9.17) is 13.8 Å². The Morgan fingerprint density at radius 3 is 2.50 bits per heavy atom. The number of ether oxygens (including phenoxy) is 1. The van der Waals surface area contributed by atoms with Crippen molar-refractivity contribution in [2.75, 3.05) is 12.4 Å². The van der Waals surface area contributed by atoms with E-state index in [1.54, 1.807) is 7.11 Å². The molecule has 1 aliphatic rings. The van der Waals surface area contributed by atoms with Gasteiger partial charge in [0.25, 0.3) is 8.53 Å². The van der Waals surface area contributed by atoms with Crippen LogP contribution in [0, 0.1) is 0 Å². The van der Waals surface area contributed by atoms with E-state index >= 15 is 4.39 Å². The van der Waals surface area contributed by atoms with Gasteiger partial charge in [0.1, 0.15) is 11.9 Å². The minimum atomic E-state index is -1.60. The second kappa shape index (κ2) is 10.7. The van der Waals surface area contributed by atoms with Crippen LogP contribution in [-0.4, -0.2) is 57.7 Å². The number of carbonyl (C=O) groups excluding carboxylic acids is 1. The summed E-state index contributed by atoms with van der Waals surface area (Å²) in [5, 5.41) is 2.43. The maximum atomic E-state index is 15.5. The summed E-state index contributed by atoms with van der Waals surface area (Å²) in [5.74, 6) is -0.253. The van der Waals surface area contributed by atoms with Crippen molar-refractivity contribution >= 4 is 20.3 Å². The van der Waals surface area contributed by atoms with E-state index in [0.717, 1.165) is 4.57 Å². The molecule has 1 fully saturated rings. The van der Waals surface area contributed by atoms with Gasteiger partial charge in [-0.3, -0.25) is 9.36 Å². The maximum Gasteiger partial charge on any atom is 0.351 e. The summed E-state index contributed by atoms with van der Waals surface area (Å²) in [5.41, 5.74) is -0.718. The number of nitrogens with zero attached hydrogens (tertiary/aromatic N) is 3. The van der Waals surface area contributed by atoms with Crippen molar-refractivity contribution in [3.05, 3.63) is 22.7 Å². The third-order valence-corrected chi connectivity index (χ3v) is 6.73. The molecule has 2 heterocycles. The summed E-state index contributed by atoms with van der Waals surface area (Å²) in [7, 11) is 0.0231. The van der Waals surface area contributed by atoms with Crippen molar-refractivity contribution in [1.29, 1.82) is 0 Å². The second-order valence-corrected chi connectivity index (χ2v) is 9.17. The number of amides is 1. The standard InChI is InChI=1S/C19H32FN4O5P/c1-8-14-17(29-30(27-7)24(11(2)3)12(4)5)16(20)18(28-14)23-10-9-15(21-13(6)25)22-19(23)26/h9-12,14,16-18H,8H2,1-7H3,(H,21,22,25,26)/t14-,16+,17?,18-,30?/m1/s1. The molecule has 1 saturated heterocycles. The molecule has 0 bridgehead atoms. The van der Waals surface area contributed by atoms with Gasteiger partial charge in [0.15, 0.2) is 12.4 Å². The molecule has 0 aliphatic carbocycles. The van der Waals surface area contributed by atoms with Gasteiger partial charge < -0.3 is 19.1 Å². The highest BCUT2D eigenvalue weighted by Gasteiger charge is 2.48. The van der Waals surface area contributed by atoms with Crippen LogP contribution in [0.25, 0.3) is 0 Å². The van der Waals surface area contributed by atoms with E-state index in [2.05, 4.69) is 15.0 Å². The van der Waals surface area contributed by atoms with Crippen LogP contribution in [0.3, 0.4) is 0 Å².